The van der Waals surface area contributed by atoms with Crippen LogP contribution >= 0.6 is 12.4 Å². The molecule has 2 amide bonds. The second-order valence-corrected chi connectivity index (χ2v) is 4.46. The van der Waals surface area contributed by atoms with Crippen LogP contribution in [-0.2, 0) is 11.2 Å². The quantitative estimate of drug-likeness (QED) is 0.776. The van der Waals surface area contributed by atoms with E-state index in [0.29, 0.717) is 5.56 Å². The number of rotatable bonds is 3. The van der Waals surface area contributed by atoms with Gasteiger partial charge in [-0.3, -0.25) is 9.59 Å². The molecule has 5 nitrogen and oxygen atoms in total. The van der Waals surface area contributed by atoms with Gasteiger partial charge in [0.2, 0.25) is 5.91 Å². The molecule has 1 aliphatic heterocycles. The van der Waals surface area contributed by atoms with Gasteiger partial charge in [0, 0.05) is 17.8 Å². The molecule has 0 unspecified atom stereocenters. The minimum absolute atomic E-state index is 0. The van der Waals surface area contributed by atoms with Gasteiger partial charge in [-0.15, -0.1) is 12.4 Å². The van der Waals surface area contributed by atoms with Crippen molar-refractivity contribution in [2.75, 3.05) is 11.9 Å². The van der Waals surface area contributed by atoms with Gasteiger partial charge in [-0.05, 0) is 37.5 Å². The van der Waals surface area contributed by atoms with E-state index in [1.54, 1.807) is 13.0 Å². The smallest absolute Gasteiger partial charge is 0.252 e. The number of nitrogens with two attached hydrogens (primary N) is 1. The Labute approximate surface area is 118 Å². The van der Waals surface area contributed by atoms with Crippen molar-refractivity contribution in [3.63, 3.8) is 0 Å². The predicted octanol–water partition coefficient (Wildman–Crippen LogP) is 1.07. The number of carbonyl (C=O) groups excluding carboxylic acids is 2. The van der Waals surface area contributed by atoms with Crippen molar-refractivity contribution in [2.24, 2.45) is 5.73 Å². The molecular formula is C13H18ClN3O2. The topological polar surface area (TPSA) is 84.2 Å². The van der Waals surface area contributed by atoms with Crippen LogP contribution in [0.2, 0.25) is 0 Å². The largest absolute Gasteiger partial charge is 0.385 e. The lowest BCUT2D eigenvalue weighted by molar-refractivity contribution is -0.119. The summed E-state index contributed by atoms with van der Waals surface area (Å²) in [6, 6.07) is 4.91. The average molecular weight is 284 g/mol. The van der Waals surface area contributed by atoms with E-state index < -0.39 is 11.9 Å². The van der Waals surface area contributed by atoms with E-state index in [1.807, 2.05) is 12.1 Å². The molecule has 0 saturated heterocycles. The highest BCUT2D eigenvalue weighted by Gasteiger charge is 2.19. The SMILES string of the molecule is C[C@H](NC(=O)c1cccc2c1CCCN2)C(N)=O.Cl. The Bertz CT molecular complexity index is 491. The van der Waals surface area contributed by atoms with Crippen molar-refractivity contribution in [3.05, 3.63) is 29.3 Å². The molecule has 0 bridgehead atoms. The van der Waals surface area contributed by atoms with Crippen LogP contribution in [0.3, 0.4) is 0 Å². The molecule has 1 atom stereocenters. The van der Waals surface area contributed by atoms with E-state index in [2.05, 4.69) is 10.6 Å². The molecule has 1 aromatic carbocycles. The second kappa shape index (κ2) is 6.43. The molecule has 1 aromatic rings. The highest BCUT2D eigenvalue weighted by atomic mass is 35.5. The van der Waals surface area contributed by atoms with Crippen LogP contribution in [0.4, 0.5) is 5.69 Å². The molecular weight excluding hydrogens is 266 g/mol. The van der Waals surface area contributed by atoms with Crippen molar-refractivity contribution in [2.45, 2.75) is 25.8 Å². The highest BCUT2D eigenvalue weighted by molar-refractivity contribution is 5.99. The Hall–Kier alpha value is -1.75. The lowest BCUT2D eigenvalue weighted by Crippen LogP contribution is -2.42. The number of benzene rings is 1. The molecule has 0 aliphatic carbocycles. The van der Waals surface area contributed by atoms with E-state index in [9.17, 15) is 9.59 Å². The zero-order valence-corrected chi connectivity index (χ0v) is 11.5. The average Bonchev–Trinajstić information content (AvgIpc) is 2.37. The number of hydrogen-bond acceptors (Lipinski definition) is 3. The number of amides is 2. The summed E-state index contributed by atoms with van der Waals surface area (Å²) in [4.78, 5) is 23.0. The monoisotopic (exact) mass is 283 g/mol. The summed E-state index contributed by atoms with van der Waals surface area (Å²) in [7, 11) is 0. The predicted molar refractivity (Wildman–Crippen MR) is 76.6 cm³/mol. The number of fused-ring (bicyclic) bond motifs is 1. The molecule has 1 heterocycles. The molecule has 2 rings (SSSR count). The molecule has 1 aliphatic rings. The van der Waals surface area contributed by atoms with Gasteiger partial charge in [-0.1, -0.05) is 6.07 Å². The van der Waals surface area contributed by atoms with Crippen molar-refractivity contribution < 1.29 is 9.59 Å². The first-order chi connectivity index (χ1) is 8.59. The van der Waals surface area contributed by atoms with Crippen LogP contribution in [0.1, 0.15) is 29.3 Å². The zero-order valence-electron chi connectivity index (χ0n) is 10.7. The van der Waals surface area contributed by atoms with E-state index in [4.69, 9.17) is 5.73 Å². The summed E-state index contributed by atoms with van der Waals surface area (Å²) in [5.74, 6) is -0.784. The third-order valence-corrected chi connectivity index (χ3v) is 3.11. The molecule has 0 aromatic heterocycles. The lowest BCUT2D eigenvalue weighted by atomic mass is 9.97. The van der Waals surface area contributed by atoms with Crippen LogP contribution in [0.15, 0.2) is 18.2 Å². The van der Waals surface area contributed by atoms with Gasteiger partial charge in [-0.2, -0.15) is 0 Å². The molecule has 0 fully saturated rings. The molecule has 0 radical (unpaired) electrons. The van der Waals surface area contributed by atoms with Crippen LogP contribution in [-0.4, -0.2) is 24.4 Å². The zero-order chi connectivity index (χ0) is 13.1. The van der Waals surface area contributed by atoms with E-state index >= 15 is 0 Å². The molecule has 0 saturated carbocycles. The summed E-state index contributed by atoms with van der Waals surface area (Å²) in [6.45, 7) is 2.50. The van der Waals surface area contributed by atoms with Gasteiger partial charge in [0.15, 0.2) is 0 Å². The van der Waals surface area contributed by atoms with Crippen molar-refractivity contribution >= 4 is 29.9 Å². The fourth-order valence-electron chi connectivity index (χ4n) is 2.07. The summed E-state index contributed by atoms with van der Waals surface area (Å²) < 4.78 is 0. The highest BCUT2D eigenvalue weighted by Crippen LogP contribution is 2.25. The standard InChI is InChI=1S/C13H17N3O2.ClH/c1-8(12(14)17)16-13(18)10-4-2-6-11-9(10)5-3-7-15-11;/h2,4,6,8,15H,3,5,7H2,1H3,(H2,14,17)(H,16,18);1H/t8-;/m0./s1. The number of halogens is 1. The van der Waals surface area contributed by atoms with Gasteiger partial charge >= 0.3 is 0 Å². The van der Waals surface area contributed by atoms with Crippen LogP contribution in [0.25, 0.3) is 0 Å². The van der Waals surface area contributed by atoms with Crippen LogP contribution in [0, 0.1) is 0 Å². The van der Waals surface area contributed by atoms with Crippen LogP contribution < -0.4 is 16.4 Å². The maximum atomic E-state index is 12.1. The molecule has 6 heteroatoms. The molecule has 104 valence electrons. The number of carbonyl (C=O) groups is 2. The maximum absolute atomic E-state index is 12.1. The first-order valence-electron chi connectivity index (χ1n) is 6.05. The third kappa shape index (κ3) is 3.38. The fraction of sp³-hybridized carbons (Fsp3) is 0.385. The van der Waals surface area contributed by atoms with Crippen molar-refractivity contribution in [3.8, 4) is 0 Å². The van der Waals surface area contributed by atoms with Crippen molar-refractivity contribution in [1.82, 2.24) is 5.32 Å². The number of nitrogens with one attached hydrogen (secondary N) is 2. The third-order valence-electron chi connectivity index (χ3n) is 3.11. The minimum Gasteiger partial charge on any atom is -0.385 e. The van der Waals surface area contributed by atoms with E-state index in [0.717, 1.165) is 30.6 Å². The first kappa shape index (κ1) is 15.3. The summed E-state index contributed by atoms with van der Waals surface area (Å²) in [6.07, 6.45) is 1.87. The number of anilines is 1. The number of hydrogen-bond donors (Lipinski definition) is 3. The normalized spacial score (nSPS) is 14.4. The summed E-state index contributed by atoms with van der Waals surface area (Å²) in [5, 5.41) is 5.87. The minimum atomic E-state index is -0.662. The Morgan fingerprint density at radius 3 is 2.84 bits per heavy atom. The Morgan fingerprint density at radius 2 is 2.16 bits per heavy atom. The molecule has 0 spiro atoms. The fourth-order valence-corrected chi connectivity index (χ4v) is 2.07. The Morgan fingerprint density at radius 1 is 1.42 bits per heavy atom. The van der Waals surface area contributed by atoms with E-state index in [-0.39, 0.29) is 18.3 Å². The first-order valence-corrected chi connectivity index (χ1v) is 6.05. The Kier molecular flexibility index (Phi) is 5.18. The molecule has 19 heavy (non-hydrogen) atoms. The van der Waals surface area contributed by atoms with Crippen molar-refractivity contribution in [1.29, 1.82) is 0 Å². The second-order valence-electron chi connectivity index (χ2n) is 4.46. The van der Waals surface area contributed by atoms with Gasteiger partial charge in [-0.25, -0.2) is 0 Å². The summed E-state index contributed by atoms with van der Waals surface area (Å²) in [5.41, 5.74) is 7.77. The van der Waals surface area contributed by atoms with Gasteiger partial charge in [0.1, 0.15) is 6.04 Å². The van der Waals surface area contributed by atoms with Gasteiger partial charge in [0.05, 0.1) is 0 Å². The molecule has 4 N–H and O–H groups in total. The summed E-state index contributed by atoms with van der Waals surface area (Å²) >= 11 is 0. The lowest BCUT2D eigenvalue weighted by Gasteiger charge is -2.21. The maximum Gasteiger partial charge on any atom is 0.252 e. The van der Waals surface area contributed by atoms with E-state index in [1.165, 1.54) is 0 Å². The van der Waals surface area contributed by atoms with Gasteiger partial charge < -0.3 is 16.4 Å². The van der Waals surface area contributed by atoms with Crippen LogP contribution in [0.5, 0.6) is 0 Å². The Balaban J connectivity index is 0.00000180. The number of primary amides is 1. The van der Waals surface area contributed by atoms with Gasteiger partial charge in [0.25, 0.3) is 5.91 Å².